The number of pyridine rings is 1. The van der Waals surface area contributed by atoms with Crippen molar-refractivity contribution in [1.82, 2.24) is 9.97 Å². The fourth-order valence-electron chi connectivity index (χ4n) is 1.17. The van der Waals surface area contributed by atoms with E-state index in [0.29, 0.717) is 11.0 Å². The number of hydrogen-bond acceptors (Lipinski definition) is 2. The number of carboxylic acids is 1. The Morgan fingerprint density at radius 3 is 2.92 bits per heavy atom. The van der Waals surface area contributed by atoms with Crippen LogP contribution >= 0.6 is 0 Å². The molecule has 0 aliphatic rings. The predicted molar refractivity (Wildman–Crippen MR) is 45.9 cm³/mol. The molecule has 0 atom stereocenters. The summed E-state index contributed by atoms with van der Waals surface area (Å²) in [6, 6.07) is 3.03. The van der Waals surface area contributed by atoms with E-state index < -0.39 is 11.5 Å². The van der Waals surface area contributed by atoms with Crippen LogP contribution in [0.4, 0.5) is 0 Å². The van der Waals surface area contributed by atoms with Crippen molar-refractivity contribution in [2.45, 2.75) is 0 Å². The zero-order valence-corrected chi connectivity index (χ0v) is 6.50. The molecule has 2 rings (SSSR count). The summed E-state index contributed by atoms with van der Waals surface area (Å²) in [5.41, 5.74) is -0.301. The van der Waals surface area contributed by atoms with E-state index in [0.717, 1.165) is 0 Å². The molecule has 0 bridgehead atoms. The Balaban J connectivity index is 2.84. The predicted octanol–water partition coefficient (Wildman–Crippen LogP) is 0.554. The number of H-pyrrole nitrogens is 2. The van der Waals surface area contributed by atoms with Gasteiger partial charge in [-0.25, -0.2) is 4.79 Å². The number of aromatic nitrogens is 2. The molecule has 2 aromatic heterocycles. The normalized spacial score (nSPS) is 10.5. The lowest BCUT2D eigenvalue weighted by molar-refractivity contribution is 0.0695. The van der Waals surface area contributed by atoms with Crippen LogP contribution in [-0.4, -0.2) is 21.0 Å². The molecule has 0 radical (unpaired) electrons. The van der Waals surface area contributed by atoms with Crippen molar-refractivity contribution in [2.24, 2.45) is 0 Å². The lowest BCUT2D eigenvalue weighted by Gasteiger charge is -1.93. The Bertz CT molecular complexity index is 523. The molecule has 5 heteroatoms. The third-order valence-electron chi connectivity index (χ3n) is 1.79. The molecule has 66 valence electrons. The van der Waals surface area contributed by atoms with E-state index in [4.69, 9.17) is 5.11 Å². The summed E-state index contributed by atoms with van der Waals surface area (Å²) in [7, 11) is 0. The minimum atomic E-state index is -1.22. The smallest absolute Gasteiger partial charge is 0.341 e. The molecule has 5 nitrogen and oxygen atoms in total. The summed E-state index contributed by atoms with van der Waals surface area (Å²) in [6.07, 6.45) is 1.63. The number of carbonyl (C=O) groups is 1. The van der Waals surface area contributed by atoms with E-state index in [9.17, 15) is 9.59 Å². The van der Waals surface area contributed by atoms with Crippen LogP contribution < -0.4 is 5.56 Å². The third kappa shape index (κ3) is 1.10. The summed E-state index contributed by atoms with van der Waals surface area (Å²) >= 11 is 0. The van der Waals surface area contributed by atoms with Gasteiger partial charge in [0.2, 0.25) is 0 Å². The largest absolute Gasteiger partial charge is 0.477 e. The summed E-state index contributed by atoms with van der Waals surface area (Å²) in [6.45, 7) is 0. The van der Waals surface area contributed by atoms with Crippen LogP contribution in [0.25, 0.3) is 11.0 Å². The maximum atomic E-state index is 11.1. The fraction of sp³-hybridized carbons (Fsp3) is 0. The summed E-state index contributed by atoms with van der Waals surface area (Å²) in [4.78, 5) is 26.9. The first-order valence-corrected chi connectivity index (χ1v) is 3.62. The second-order valence-corrected chi connectivity index (χ2v) is 2.63. The third-order valence-corrected chi connectivity index (χ3v) is 1.79. The van der Waals surface area contributed by atoms with Crippen molar-refractivity contribution < 1.29 is 9.90 Å². The number of carboxylic acid groups (broad SMARTS) is 1. The van der Waals surface area contributed by atoms with Gasteiger partial charge < -0.3 is 15.1 Å². The number of nitrogens with one attached hydrogen (secondary N) is 2. The molecular weight excluding hydrogens is 172 g/mol. The quantitative estimate of drug-likeness (QED) is 0.596. The van der Waals surface area contributed by atoms with E-state index >= 15 is 0 Å². The van der Waals surface area contributed by atoms with E-state index in [1.54, 1.807) is 12.3 Å². The molecule has 0 unspecified atom stereocenters. The van der Waals surface area contributed by atoms with Crippen LogP contribution in [0.3, 0.4) is 0 Å². The van der Waals surface area contributed by atoms with Gasteiger partial charge in [-0.3, -0.25) is 4.79 Å². The molecule has 2 heterocycles. The van der Waals surface area contributed by atoms with Crippen molar-refractivity contribution in [1.29, 1.82) is 0 Å². The van der Waals surface area contributed by atoms with Crippen LogP contribution in [-0.2, 0) is 0 Å². The summed E-state index contributed by atoms with van der Waals surface area (Å²) < 4.78 is 0. The van der Waals surface area contributed by atoms with E-state index in [1.807, 2.05) is 0 Å². The summed E-state index contributed by atoms with van der Waals surface area (Å²) in [5, 5.41) is 9.31. The molecule has 0 aliphatic carbocycles. The van der Waals surface area contributed by atoms with Crippen molar-refractivity contribution in [3.63, 3.8) is 0 Å². The van der Waals surface area contributed by atoms with Gasteiger partial charge in [0.25, 0.3) is 5.56 Å². The van der Waals surface area contributed by atoms with E-state index in [-0.39, 0.29) is 5.56 Å². The van der Waals surface area contributed by atoms with Gasteiger partial charge >= 0.3 is 5.97 Å². The molecule has 0 aliphatic heterocycles. The highest BCUT2D eigenvalue weighted by Gasteiger charge is 2.09. The number of rotatable bonds is 1. The first-order chi connectivity index (χ1) is 6.18. The second kappa shape index (κ2) is 2.48. The molecule has 3 N–H and O–H groups in total. The minimum absolute atomic E-state index is 0.243. The molecular formula is C8H6N2O3. The van der Waals surface area contributed by atoms with Crippen LogP contribution in [0.1, 0.15) is 10.4 Å². The standard InChI is InChI=1S/C8H6N2O3/c11-7-5(8(12)13)3-4-1-2-9-6(4)10-7/h1-3H,(H,12,13)(H2,9,10,11). The topological polar surface area (TPSA) is 85.9 Å². The molecule has 0 aromatic carbocycles. The second-order valence-electron chi connectivity index (χ2n) is 2.63. The van der Waals surface area contributed by atoms with Crippen LogP contribution in [0, 0.1) is 0 Å². The SMILES string of the molecule is O=C(O)c1cc2cc[nH]c2[nH]c1=O. The highest BCUT2D eigenvalue weighted by Crippen LogP contribution is 2.07. The Morgan fingerprint density at radius 2 is 2.23 bits per heavy atom. The fourth-order valence-corrected chi connectivity index (χ4v) is 1.17. The van der Waals surface area contributed by atoms with Gasteiger partial charge in [-0.15, -0.1) is 0 Å². The van der Waals surface area contributed by atoms with Crippen molar-refractivity contribution in [2.75, 3.05) is 0 Å². The highest BCUT2D eigenvalue weighted by molar-refractivity contribution is 5.91. The lowest BCUT2D eigenvalue weighted by Crippen LogP contribution is -2.16. The molecule has 0 saturated carbocycles. The Morgan fingerprint density at radius 1 is 1.46 bits per heavy atom. The van der Waals surface area contributed by atoms with Crippen molar-refractivity contribution in [3.8, 4) is 0 Å². The van der Waals surface area contributed by atoms with Crippen molar-refractivity contribution >= 4 is 17.0 Å². The molecule has 0 spiro atoms. The van der Waals surface area contributed by atoms with Gasteiger partial charge in [-0.2, -0.15) is 0 Å². The number of fused-ring (bicyclic) bond motifs is 1. The number of aromatic carboxylic acids is 1. The number of aromatic amines is 2. The Hall–Kier alpha value is -2.04. The average Bonchev–Trinajstić information content (AvgIpc) is 2.48. The van der Waals surface area contributed by atoms with Crippen molar-refractivity contribution in [3.05, 3.63) is 34.2 Å². The van der Waals surface area contributed by atoms with Gasteiger partial charge in [-0.1, -0.05) is 0 Å². The minimum Gasteiger partial charge on any atom is -0.477 e. The average molecular weight is 178 g/mol. The lowest BCUT2D eigenvalue weighted by atomic mass is 10.2. The molecule has 0 amide bonds. The van der Waals surface area contributed by atoms with Crippen LogP contribution in [0.15, 0.2) is 23.1 Å². The zero-order valence-electron chi connectivity index (χ0n) is 6.50. The molecule has 2 aromatic rings. The van der Waals surface area contributed by atoms with Crippen LogP contribution in [0.5, 0.6) is 0 Å². The molecule has 0 saturated heterocycles. The number of hydrogen-bond donors (Lipinski definition) is 3. The van der Waals surface area contributed by atoms with Gasteiger partial charge in [0.15, 0.2) is 0 Å². The highest BCUT2D eigenvalue weighted by atomic mass is 16.4. The maximum Gasteiger partial charge on any atom is 0.341 e. The Labute approximate surface area is 72.0 Å². The van der Waals surface area contributed by atoms with Gasteiger partial charge in [0, 0.05) is 11.6 Å². The van der Waals surface area contributed by atoms with Crippen LogP contribution in [0.2, 0.25) is 0 Å². The molecule has 13 heavy (non-hydrogen) atoms. The van der Waals surface area contributed by atoms with E-state index in [1.165, 1.54) is 6.07 Å². The van der Waals surface area contributed by atoms with E-state index in [2.05, 4.69) is 9.97 Å². The van der Waals surface area contributed by atoms with Gasteiger partial charge in [0.05, 0.1) is 0 Å². The van der Waals surface area contributed by atoms with Gasteiger partial charge in [0.1, 0.15) is 11.2 Å². The maximum absolute atomic E-state index is 11.1. The Kier molecular flexibility index (Phi) is 1.45. The first kappa shape index (κ1) is 7.60. The molecule has 0 fully saturated rings. The van der Waals surface area contributed by atoms with Gasteiger partial charge in [-0.05, 0) is 12.1 Å². The first-order valence-electron chi connectivity index (χ1n) is 3.62. The zero-order chi connectivity index (χ0) is 9.42. The monoisotopic (exact) mass is 178 g/mol. The summed E-state index contributed by atoms with van der Waals surface area (Å²) in [5.74, 6) is -1.22.